The van der Waals surface area contributed by atoms with Crippen molar-refractivity contribution in [1.29, 1.82) is 0 Å². The number of benzene rings is 2. The molecule has 2 aromatic heterocycles. The molecule has 0 bridgehead atoms. The topological polar surface area (TPSA) is 61.4 Å². The molecule has 7 heteroatoms. The first-order valence-corrected chi connectivity index (χ1v) is 11.4. The number of hydrogen-bond acceptors (Lipinski definition) is 5. The van der Waals surface area contributed by atoms with Crippen LogP contribution in [0.15, 0.2) is 59.8 Å². The van der Waals surface area contributed by atoms with E-state index in [-0.39, 0.29) is 0 Å². The van der Waals surface area contributed by atoms with Crippen LogP contribution in [0.2, 0.25) is 0 Å². The Balaban J connectivity index is 1.49. The highest BCUT2D eigenvalue weighted by atomic mass is 32.2. The molecule has 0 saturated heterocycles. The summed E-state index contributed by atoms with van der Waals surface area (Å²) in [5.41, 5.74) is 3.34. The molecule has 0 radical (unpaired) electrons. The lowest BCUT2D eigenvalue weighted by Crippen LogP contribution is -2.05. The van der Waals surface area contributed by atoms with Crippen LogP contribution in [0.25, 0.3) is 17.1 Å². The van der Waals surface area contributed by atoms with Gasteiger partial charge < -0.3 is 4.57 Å². The van der Waals surface area contributed by atoms with Crippen LogP contribution in [-0.4, -0.2) is 29.5 Å². The summed E-state index contributed by atoms with van der Waals surface area (Å²) in [7, 11) is 0. The van der Waals surface area contributed by atoms with E-state index in [9.17, 15) is 0 Å². The van der Waals surface area contributed by atoms with Gasteiger partial charge in [-0.25, -0.2) is 0 Å². The van der Waals surface area contributed by atoms with E-state index < -0.39 is 0 Å². The van der Waals surface area contributed by atoms with Crippen molar-refractivity contribution in [3.63, 3.8) is 0 Å². The lowest BCUT2D eigenvalue weighted by atomic mass is 10.2. The molecule has 0 aliphatic carbocycles. The Morgan fingerprint density at radius 1 is 0.867 bits per heavy atom. The van der Waals surface area contributed by atoms with Crippen LogP contribution in [0.3, 0.4) is 0 Å². The smallest absolute Gasteiger partial charge is 0.196 e. The van der Waals surface area contributed by atoms with Gasteiger partial charge in [0.05, 0.1) is 5.75 Å². The van der Waals surface area contributed by atoms with Gasteiger partial charge in [-0.2, -0.15) is 0 Å². The maximum Gasteiger partial charge on any atom is 0.196 e. The minimum Gasteiger partial charge on any atom is -0.314 e. The van der Waals surface area contributed by atoms with E-state index in [0.29, 0.717) is 0 Å². The Hall–Kier alpha value is -2.93. The van der Waals surface area contributed by atoms with Crippen LogP contribution in [0.4, 0.5) is 0 Å². The quantitative estimate of drug-likeness (QED) is 0.435. The van der Waals surface area contributed by atoms with Crippen molar-refractivity contribution in [2.24, 2.45) is 0 Å². The highest BCUT2D eigenvalue weighted by Gasteiger charge is 2.19. The average molecular weight is 417 g/mol. The zero-order valence-electron chi connectivity index (χ0n) is 17.0. The fourth-order valence-electron chi connectivity index (χ4n) is 3.85. The highest BCUT2D eigenvalue weighted by Crippen LogP contribution is 2.30. The standard InChI is InChI=1S/C23H24N6S/c1-17-11-13-19(14-12-17)29-22(18-8-4-2-5-9-18)26-27-23(29)30-16-21-25-24-20-10-6-3-7-15-28(20)21/h2,4-5,8-9,11-14H,3,6-7,10,15-16H2,1H3. The molecule has 2 aromatic carbocycles. The minimum atomic E-state index is 0.728. The Morgan fingerprint density at radius 2 is 1.70 bits per heavy atom. The first-order chi connectivity index (χ1) is 14.8. The summed E-state index contributed by atoms with van der Waals surface area (Å²) in [5.74, 6) is 3.72. The molecule has 152 valence electrons. The summed E-state index contributed by atoms with van der Waals surface area (Å²) >= 11 is 1.66. The van der Waals surface area contributed by atoms with Gasteiger partial charge in [0, 0.05) is 24.2 Å². The summed E-state index contributed by atoms with van der Waals surface area (Å²) in [5, 5.41) is 18.8. The number of thioether (sulfide) groups is 1. The van der Waals surface area contributed by atoms with E-state index in [2.05, 4.69) is 72.9 Å². The number of hydrogen-bond donors (Lipinski definition) is 0. The van der Waals surface area contributed by atoms with Crippen molar-refractivity contribution < 1.29 is 0 Å². The van der Waals surface area contributed by atoms with Crippen LogP contribution >= 0.6 is 11.8 Å². The zero-order valence-corrected chi connectivity index (χ0v) is 17.8. The number of fused-ring (bicyclic) bond motifs is 1. The SMILES string of the molecule is Cc1ccc(-n2c(SCc3nnc4n3CCCCC4)nnc2-c2ccccc2)cc1. The largest absolute Gasteiger partial charge is 0.314 e. The van der Waals surface area contributed by atoms with E-state index in [4.69, 9.17) is 0 Å². The molecule has 6 nitrogen and oxygen atoms in total. The normalized spacial score (nSPS) is 13.8. The molecule has 0 unspecified atom stereocenters. The second kappa shape index (κ2) is 8.44. The summed E-state index contributed by atoms with van der Waals surface area (Å²) in [6, 6.07) is 18.7. The Labute approximate surface area is 180 Å². The van der Waals surface area contributed by atoms with Gasteiger partial charge in [0.25, 0.3) is 0 Å². The monoisotopic (exact) mass is 416 g/mol. The van der Waals surface area contributed by atoms with Crippen LogP contribution < -0.4 is 0 Å². The molecule has 0 atom stereocenters. The van der Waals surface area contributed by atoms with Crippen molar-refractivity contribution in [3.05, 3.63) is 71.8 Å². The lowest BCUT2D eigenvalue weighted by molar-refractivity contribution is 0.616. The molecular weight excluding hydrogens is 392 g/mol. The third kappa shape index (κ3) is 3.77. The zero-order chi connectivity index (χ0) is 20.3. The van der Waals surface area contributed by atoms with Gasteiger partial charge in [0.2, 0.25) is 0 Å². The van der Waals surface area contributed by atoms with E-state index in [0.717, 1.165) is 52.6 Å². The van der Waals surface area contributed by atoms with Gasteiger partial charge >= 0.3 is 0 Å². The first-order valence-electron chi connectivity index (χ1n) is 10.4. The van der Waals surface area contributed by atoms with E-state index in [1.54, 1.807) is 11.8 Å². The van der Waals surface area contributed by atoms with Crippen molar-refractivity contribution >= 4 is 11.8 Å². The molecule has 0 fully saturated rings. The minimum absolute atomic E-state index is 0.728. The molecular formula is C23H24N6S. The van der Waals surface area contributed by atoms with Crippen molar-refractivity contribution in [2.45, 2.75) is 50.1 Å². The summed E-state index contributed by atoms with van der Waals surface area (Å²) in [6.07, 6.45) is 4.68. The van der Waals surface area contributed by atoms with Crippen LogP contribution in [0.1, 0.15) is 36.5 Å². The molecule has 4 aromatic rings. The van der Waals surface area contributed by atoms with Gasteiger partial charge in [-0.15, -0.1) is 20.4 Å². The second-order valence-electron chi connectivity index (χ2n) is 7.63. The van der Waals surface area contributed by atoms with E-state index >= 15 is 0 Å². The van der Waals surface area contributed by atoms with Gasteiger partial charge in [0.1, 0.15) is 11.6 Å². The fourth-order valence-corrected chi connectivity index (χ4v) is 4.74. The predicted molar refractivity (Wildman–Crippen MR) is 119 cm³/mol. The molecule has 3 heterocycles. The van der Waals surface area contributed by atoms with Crippen molar-refractivity contribution in [1.82, 2.24) is 29.5 Å². The van der Waals surface area contributed by atoms with Crippen LogP contribution in [0.5, 0.6) is 0 Å². The molecule has 0 amide bonds. The molecule has 1 aliphatic heterocycles. The lowest BCUT2D eigenvalue weighted by Gasteiger charge is -2.11. The Kier molecular flexibility index (Phi) is 5.36. The van der Waals surface area contributed by atoms with Gasteiger partial charge in [-0.3, -0.25) is 4.57 Å². The van der Waals surface area contributed by atoms with Gasteiger partial charge in [-0.1, -0.05) is 66.2 Å². The fraction of sp³-hybridized carbons (Fsp3) is 0.304. The Morgan fingerprint density at radius 3 is 2.53 bits per heavy atom. The van der Waals surface area contributed by atoms with Gasteiger partial charge in [0.15, 0.2) is 11.0 Å². The molecule has 0 N–H and O–H groups in total. The third-order valence-corrected chi connectivity index (χ3v) is 6.40. The maximum absolute atomic E-state index is 4.54. The number of nitrogens with zero attached hydrogens (tertiary/aromatic N) is 6. The predicted octanol–water partition coefficient (Wildman–Crippen LogP) is 4.85. The summed E-state index contributed by atoms with van der Waals surface area (Å²) < 4.78 is 4.43. The van der Waals surface area contributed by atoms with Crippen LogP contribution in [-0.2, 0) is 18.7 Å². The molecule has 5 rings (SSSR count). The van der Waals surface area contributed by atoms with E-state index in [1.165, 1.54) is 24.8 Å². The number of aryl methyl sites for hydroxylation is 2. The highest BCUT2D eigenvalue weighted by molar-refractivity contribution is 7.98. The summed E-state index contributed by atoms with van der Waals surface area (Å²) in [4.78, 5) is 0. The number of rotatable bonds is 5. The third-order valence-electron chi connectivity index (χ3n) is 5.47. The van der Waals surface area contributed by atoms with Gasteiger partial charge in [-0.05, 0) is 31.9 Å². The van der Waals surface area contributed by atoms with Crippen molar-refractivity contribution in [3.8, 4) is 17.1 Å². The first kappa shape index (κ1) is 19.1. The molecule has 1 aliphatic rings. The number of aromatic nitrogens is 6. The van der Waals surface area contributed by atoms with E-state index in [1.807, 2.05) is 18.2 Å². The van der Waals surface area contributed by atoms with Crippen LogP contribution in [0, 0.1) is 6.92 Å². The average Bonchev–Trinajstić information content (AvgIpc) is 3.29. The molecule has 30 heavy (non-hydrogen) atoms. The summed E-state index contributed by atoms with van der Waals surface area (Å²) in [6.45, 7) is 3.11. The molecule has 0 saturated carbocycles. The molecule has 0 spiro atoms. The Bertz CT molecular complexity index is 1130. The maximum atomic E-state index is 4.54. The second-order valence-corrected chi connectivity index (χ2v) is 8.57. The van der Waals surface area contributed by atoms with Crippen molar-refractivity contribution in [2.75, 3.05) is 0 Å².